The molecule has 2 nitrogen and oxygen atoms in total. The first-order valence-corrected chi connectivity index (χ1v) is 4.77. The second-order valence-electron chi connectivity index (χ2n) is 3.01. The van der Waals surface area contributed by atoms with Crippen molar-refractivity contribution < 1.29 is 4.74 Å². The van der Waals surface area contributed by atoms with Gasteiger partial charge >= 0.3 is 0 Å². The predicted molar refractivity (Wildman–Crippen MR) is 52.2 cm³/mol. The lowest BCUT2D eigenvalue weighted by Gasteiger charge is -2.06. The highest BCUT2D eigenvalue weighted by atomic mass is 79.9. The van der Waals surface area contributed by atoms with Crippen LogP contribution in [0, 0.1) is 0 Å². The van der Waals surface area contributed by atoms with Crippen molar-refractivity contribution in [3.05, 3.63) is 22.7 Å². The predicted octanol–water partition coefficient (Wildman–Crippen LogP) is 2.57. The Morgan fingerprint density at radius 3 is 2.75 bits per heavy atom. The number of benzene rings is 1. The van der Waals surface area contributed by atoms with Gasteiger partial charge in [0.1, 0.15) is 5.75 Å². The summed E-state index contributed by atoms with van der Waals surface area (Å²) in [5.74, 6) is 0.895. The van der Waals surface area contributed by atoms with E-state index in [9.17, 15) is 0 Å². The first kappa shape index (κ1) is 7.92. The van der Waals surface area contributed by atoms with Gasteiger partial charge in [-0.3, -0.25) is 0 Å². The third-order valence-corrected chi connectivity index (χ3v) is 2.39. The monoisotopic (exact) mass is 227 g/mol. The SMILES string of the molecule is Nc1ccc(OC2CC2)c(Br)c1. The highest BCUT2D eigenvalue weighted by Gasteiger charge is 2.24. The first-order valence-electron chi connectivity index (χ1n) is 3.97. The zero-order valence-corrected chi connectivity index (χ0v) is 8.17. The molecule has 1 aliphatic rings. The number of halogens is 1. The molecule has 2 N–H and O–H groups in total. The molecule has 0 saturated heterocycles. The number of ether oxygens (including phenoxy) is 1. The van der Waals surface area contributed by atoms with Crippen LogP contribution in [0.5, 0.6) is 5.75 Å². The lowest BCUT2D eigenvalue weighted by molar-refractivity contribution is 0.301. The first-order chi connectivity index (χ1) is 5.75. The third kappa shape index (κ3) is 1.72. The maximum absolute atomic E-state index is 5.61. The second kappa shape index (κ2) is 2.98. The molecule has 3 heteroatoms. The third-order valence-electron chi connectivity index (χ3n) is 1.77. The average Bonchev–Trinajstić information content (AvgIpc) is 2.79. The molecule has 1 aromatic rings. The van der Waals surface area contributed by atoms with Crippen LogP contribution < -0.4 is 10.5 Å². The molecule has 1 saturated carbocycles. The number of hydrogen-bond donors (Lipinski definition) is 1. The molecule has 1 fully saturated rings. The fourth-order valence-electron chi connectivity index (χ4n) is 0.978. The van der Waals surface area contributed by atoms with Gasteiger partial charge in [-0.1, -0.05) is 0 Å². The maximum Gasteiger partial charge on any atom is 0.134 e. The standard InChI is InChI=1S/C9H10BrNO/c10-8-5-6(11)1-4-9(8)12-7-2-3-7/h1,4-5,7H,2-3,11H2. The molecule has 0 atom stereocenters. The number of hydrogen-bond acceptors (Lipinski definition) is 2. The Bertz CT molecular complexity index is 297. The van der Waals surface area contributed by atoms with E-state index in [1.54, 1.807) is 0 Å². The van der Waals surface area contributed by atoms with Crippen LogP contribution in [0.3, 0.4) is 0 Å². The Kier molecular flexibility index (Phi) is 1.97. The van der Waals surface area contributed by atoms with Crippen molar-refractivity contribution in [1.29, 1.82) is 0 Å². The van der Waals surface area contributed by atoms with Crippen LogP contribution >= 0.6 is 15.9 Å². The Balaban J connectivity index is 2.18. The molecule has 0 spiro atoms. The van der Waals surface area contributed by atoms with Gasteiger partial charge in [0.2, 0.25) is 0 Å². The highest BCUT2D eigenvalue weighted by molar-refractivity contribution is 9.10. The molecular weight excluding hydrogens is 218 g/mol. The van der Waals surface area contributed by atoms with Crippen molar-refractivity contribution in [2.45, 2.75) is 18.9 Å². The number of rotatable bonds is 2. The van der Waals surface area contributed by atoms with Crippen molar-refractivity contribution in [3.63, 3.8) is 0 Å². The highest BCUT2D eigenvalue weighted by Crippen LogP contribution is 2.32. The fourth-order valence-corrected chi connectivity index (χ4v) is 1.47. The molecule has 1 aliphatic carbocycles. The summed E-state index contributed by atoms with van der Waals surface area (Å²) in [6.07, 6.45) is 2.79. The summed E-state index contributed by atoms with van der Waals surface area (Å²) in [5.41, 5.74) is 6.34. The van der Waals surface area contributed by atoms with E-state index >= 15 is 0 Å². The zero-order chi connectivity index (χ0) is 8.55. The summed E-state index contributed by atoms with van der Waals surface area (Å²) in [7, 11) is 0. The van der Waals surface area contributed by atoms with Crippen molar-refractivity contribution in [3.8, 4) is 5.75 Å². The summed E-state index contributed by atoms with van der Waals surface area (Å²) >= 11 is 3.40. The van der Waals surface area contributed by atoms with Crippen LogP contribution in [0.15, 0.2) is 22.7 Å². The molecule has 0 radical (unpaired) electrons. The van der Waals surface area contributed by atoms with E-state index in [-0.39, 0.29) is 0 Å². The lowest BCUT2D eigenvalue weighted by atomic mass is 10.3. The van der Waals surface area contributed by atoms with Gasteiger partial charge in [-0.05, 0) is 47.0 Å². The Labute approximate surface area is 79.8 Å². The molecule has 1 aromatic carbocycles. The fraction of sp³-hybridized carbons (Fsp3) is 0.333. The van der Waals surface area contributed by atoms with Crippen LogP contribution in [0.4, 0.5) is 5.69 Å². The van der Waals surface area contributed by atoms with Gasteiger partial charge in [-0.2, -0.15) is 0 Å². The van der Waals surface area contributed by atoms with Gasteiger partial charge in [-0.25, -0.2) is 0 Å². The smallest absolute Gasteiger partial charge is 0.134 e. The molecule has 0 aromatic heterocycles. The van der Waals surface area contributed by atoms with Gasteiger partial charge < -0.3 is 10.5 Å². The van der Waals surface area contributed by atoms with Crippen molar-refractivity contribution in [1.82, 2.24) is 0 Å². The van der Waals surface area contributed by atoms with E-state index in [1.807, 2.05) is 18.2 Å². The Morgan fingerprint density at radius 2 is 2.17 bits per heavy atom. The Morgan fingerprint density at radius 1 is 1.42 bits per heavy atom. The van der Waals surface area contributed by atoms with E-state index in [0.29, 0.717) is 6.10 Å². The van der Waals surface area contributed by atoms with Crippen LogP contribution in [-0.4, -0.2) is 6.10 Å². The van der Waals surface area contributed by atoms with E-state index in [0.717, 1.165) is 15.9 Å². The van der Waals surface area contributed by atoms with Gasteiger partial charge in [0, 0.05) is 5.69 Å². The summed E-state index contributed by atoms with van der Waals surface area (Å²) in [5, 5.41) is 0. The minimum absolute atomic E-state index is 0.435. The van der Waals surface area contributed by atoms with Crippen molar-refractivity contribution in [2.24, 2.45) is 0 Å². The van der Waals surface area contributed by atoms with Gasteiger partial charge in [0.15, 0.2) is 0 Å². The molecule has 2 rings (SSSR count). The van der Waals surface area contributed by atoms with Gasteiger partial charge in [0.25, 0.3) is 0 Å². The number of nitrogens with two attached hydrogens (primary N) is 1. The van der Waals surface area contributed by atoms with Crippen molar-refractivity contribution >= 4 is 21.6 Å². The summed E-state index contributed by atoms with van der Waals surface area (Å²) in [4.78, 5) is 0. The molecule has 0 amide bonds. The van der Waals surface area contributed by atoms with Gasteiger partial charge in [0.05, 0.1) is 10.6 Å². The molecule has 0 bridgehead atoms. The zero-order valence-electron chi connectivity index (χ0n) is 6.59. The molecule has 0 unspecified atom stereocenters. The molecular formula is C9H10BrNO. The van der Waals surface area contributed by atoms with Crippen LogP contribution in [0.25, 0.3) is 0 Å². The number of nitrogen functional groups attached to an aromatic ring is 1. The summed E-state index contributed by atoms with van der Waals surface area (Å²) in [6.45, 7) is 0. The average molecular weight is 228 g/mol. The van der Waals surface area contributed by atoms with E-state index in [2.05, 4.69) is 15.9 Å². The lowest BCUT2D eigenvalue weighted by Crippen LogP contribution is -1.96. The molecule has 12 heavy (non-hydrogen) atoms. The van der Waals surface area contributed by atoms with E-state index < -0.39 is 0 Å². The van der Waals surface area contributed by atoms with Gasteiger partial charge in [-0.15, -0.1) is 0 Å². The quantitative estimate of drug-likeness (QED) is 0.789. The second-order valence-corrected chi connectivity index (χ2v) is 3.86. The Hall–Kier alpha value is -0.700. The minimum Gasteiger partial charge on any atom is -0.489 e. The van der Waals surface area contributed by atoms with Crippen LogP contribution in [-0.2, 0) is 0 Å². The van der Waals surface area contributed by atoms with E-state index in [1.165, 1.54) is 12.8 Å². The van der Waals surface area contributed by atoms with E-state index in [4.69, 9.17) is 10.5 Å². The molecule has 0 aliphatic heterocycles. The molecule has 0 heterocycles. The van der Waals surface area contributed by atoms with Crippen LogP contribution in [0.2, 0.25) is 0 Å². The van der Waals surface area contributed by atoms with Crippen LogP contribution in [0.1, 0.15) is 12.8 Å². The summed E-state index contributed by atoms with van der Waals surface area (Å²) in [6, 6.07) is 5.61. The largest absolute Gasteiger partial charge is 0.489 e. The summed E-state index contributed by atoms with van der Waals surface area (Å²) < 4.78 is 6.55. The topological polar surface area (TPSA) is 35.2 Å². The number of anilines is 1. The van der Waals surface area contributed by atoms with Crippen molar-refractivity contribution in [2.75, 3.05) is 5.73 Å². The normalized spacial score (nSPS) is 16.1. The maximum atomic E-state index is 5.61. The molecule has 64 valence electrons. The minimum atomic E-state index is 0.435.